The molecule has 1 N–H and O–H groups in total. The van der Waals surface area contributed by atoms with Crippen LogP contribution in [0.15, 0.2) is 30.3 Å². The second kappa shape index (κ2) is 3.68. The smallest absolute Gasteiger partial charge is 0.158 e. The molecule has 0 fully saturated rings. The third-order valence-electron chi connectivity index (χ3n) is 2.10. The van der Waals surface area contributed by atoms with E-state index in [1.807, 2.05) is 6.07 Å². The normalized spacial score (nSPS) is 15.6. The molecule has 1 aromatic rings. The Bertz CT molecular complexity index is 229. The average Bonchev–Trinajstić information content (AvgIpc) is 2.18. The number of halogens is 1. The lowest BCUT2D eigenvalue weighted by atomic mass is 9.94. The van der Waals surface area contributed by atoms with Crippen LogP contribution >= 0.6 is 0 Å². The Kier molecular flexibility index (Phi) is 2.82. The average molecular weight is 168 g/mol. The van der Waals surface area contributed by atoms with Crippen molar-refractivity contribution in [2.24, 2.45) is 0 Å². The molecule has 1 aromatic carbocycles. The summed E-state index contributed by atoms with van der Waals surface area (Å²) in [6.07, 6.45) is 0.299. The molecule has 1 nitrogen and oxygen atoms in total. The minimum atomic E-state index is -1.57. The molecule has 2 heteroatoms. The van der Waals surface area contributed by atoms with Crippen molar-refractivity contribution < 1.29 is 9.50 Å². The lowest BCUT2D eigenvalue weighted by Gasteiger charge is -2.21. The van der Waals surface area contributed by atoms with Gasteiger partial charge in [-0.2, -0.15) is 0 Å². The molecule has 0 spiro atoms. The van der Waals surface area contributed by atoms with Crippen molar-refractivity contribution in [2.75, 3.05) is 6.61 Å². The van der Waals surface area contributed by atoms with Crippen LogP contribution in [0.3, 0.4) is 0 Å². The van der Waals surface area contributed by atoms with E-state index in [1.165, 1.54) is 0 Å². The van der Waals surface area contributed by atoms with Crippen molar-refractivity contribution in [2.45, 2.75) is 19.0 Å². The highest BCUT2D eigenvalue weighted by molar-refractivity contribution is 5.22. The molecule has 0 radical (unpaired) electrons. The van der Waals surface area contributed by atoms with E-state index in [9.17, 15) is 4.39 Å². The summed E-state index contributed by atoms with van der Waals surface area (Å²) in [5.74, 6) is 0. The summed E-state index contributed by atoms with van der Waals surface area (Å²) in [5, 5.41) is 8.86. The molecule has 0 saturated heterocycles. The van der Waals surface area contributed by atoms with Gasteiger partial charge in [0, 0.05) is 0 Å². The summed E-state index contributed by atoms with van der Waals surface area (Å²) in [7, 11) is 0. The molecule has 0 aromatic heterocycles. The summed E-state index contributed by atoms with van der Waals surface area (Å²) in [6.45, 7) is 1.27. The molecule has 0 bridgehead atoms. The molecule has 0 unspecified atom stereocenters. The Labute approximate surface area is 71.9 Å². The molecule has 0 aliphatic carbocycles. The topological polar surface area (TPSA) is 20.2 Å². The van der Waals surface area contributed by atoms with Gasteiger partial charge in [-0.1, -0.05) is 37.3 Å². The number of aliphatic hydroxyl groups is 1. The highest BCUT2D eigenvalue weighted by Gasteiger charge is 2.28. The number of aliphatic hydroxyl groups excluding tert-OH is 1. The number of hydrogen-bond donors (Lipinski definition) is 1. The van der Waals surface area contributed by atoms with E-state index in [0.29, 0.717) is 12.0 Å². The second-order valence-electron chi connectivity index (χ2n) is 2.84. The largest absolute Gasteiger partial charge is 0.393 e. The van der Waals surface area contributed by atoms with Gasteiger partial charge >= 0.3 is 0 Å². The zero-order chi connectivity index (χ0) is 9.03. The Morgan fingerprint density at radius 3 is 2.33 bits per heavy atom. The fourth-order valence-corrected chi connectivity index (χ4v) is 1.14. The maximum atomic E-state index is 13.7. The molecule has 0 aliphatic rings. The zero-order valence-corrected chi connectivity index (χ0v) is 7.13. The minimum absolute atomic E-state index is 0.299. The Balaban J connectivity index is 2.95. The molecule has 1 rings (SSSR count). The third kappa shape index (κ3) is 1.64. The minimum Gasteiger partial charge on any atom is -0.393 e. The number of alkyl halides is 1. The van der Waals surface area contributed by atoms with Gasteiger partial charge in [-0.05, 0) is 12.0 Å². The first kappa shape index (κ1) is 9.20. The number of rotatable bonds is 3. The highest BCUT2D eigenvalue weighted by Crippen LogP contribution is 2.28. The summed E-state index contributed by atoms with van der Waals surface area (Å²) in [4.78, 5) is 0. The Morgan fingerprint density at radius 2 is 1.92 bits per heavy atom. The van der Waals surface area contributed by atoms with E-state index in [1.54, 1.807) is 31.2 Å². The third-order valence-corrected chi connectivity index (χ3v) is 2.10. The van der Waals surface area contributed by atoms with Crippen LogP contribution in [0.2, 0.25) is 0 Å². The number of benzene rings is 1. The molecule has 0 saturated carbocycles. The molecule has 0 heterocycles. The van der Waals surface area contributed by atoms with Crippen molar-refractivity contribution in [1.82, 2.24) is 0 Å². The molecule has 1 atom stereocenters. The summed E-state index contributed by atoms with van der Waals surface area (Å²) in [6, 6.07) is 8.76. The van der Waals surface area contributed by atoms with Crippen molar-refractivity contribution in [1.29, 1.82) is 0 Å². The SMILES string of the molecule is CC[C@](F)(CO)c1ccccc1. The fraction of sp³-hybridized carbons (Fsp3) is 0.400. The van der Waals surface area contributed by atoms with E-state index in [0.717, 1.165) is 0 Å². The van der Waals surface area contributed by atoms with Gasteiger partial charge < -0.3 is 5.11 Å². The van der Waals surface area contributed by atoms with Crippen molar-refractivity contribution in [3.05, 3.63) is 35.9 Å². The van der Waals surface area contributed by atoms with Crippen LogP contribution < -0.4 is 0 Å². The second-order valence-corrected chi connectivity index (χ2v) is 2.84. The lowest BCUT2D eigenvalue weighted by molar-refractivity contribution is 0.0649. The summed E-state index contributed by atoms with van der Waals surface area (Å²) < 4.78 is 13.7. The molecular weight excluding hydrogens is 155 g/mol. The van der Waals surface area contributed by atoms with E-state index in [2.05, 4.69) is 0 Å². The van der Waals surface area contributed by atoms with Gasteiger partial charge in [0.25, 0.3) is 0 Å². The monoisotopic (exact) mass is 168 g/mol. The first-order valence-electron chi connectivity index (χ1n) is 4.08. The van der Waals surface area contributed by atoms with E-state index >= 15 is 0 Å². The van der Waals surface area contributed by atoms with Gasteiger partial charge in [-0.3, -0.25) is 0 Å². The van der Waals surface area contributed by atoms with Crippen LogP contribution in [-0.4, -0.2) is 11.7 Å². The van der Waals surface area contributed by atoms with E-state index in [-0.39, 0.29) is 0 Å². The molecule has 0 aliphatic heterocycles. The fourth-order valence-electron chi connectivity index (χ4n) is 1.14. The van der Waals surface area contributed by atoms with Crippen LogP contribution in [0.4, 0.5) is 4.39 Å². The first-order chi connectivity index (χ1) is 5.73. The van der Waals surface area contributed by atoms with Gasteiger partial charge in [-0.25, -0.2) is 4.39 Å². The molecule has 0 amide bonds. The van der Waals surface area contributed by atoms with Crippen LogP contribution in [0.25, 0.3) is 0 Å². The van der Waals surface area contributed by atoms with Crippen LogP contribution in [0, 0.1) is 0 Å². The predicted octanol–water partition coefficient (Wildman–Crippen LogP) is 2.25. The maximum absolute atomic E-state index is 13.7. The van der Waals surface area contributed by atoms with Gasteiger partial charge in [0.1, 0.15) is 0 Å². The summed E-state index contributed by atoms with van der Waals surface area (Å²) >= 11 is 0. The maximum Gasteiger partial charge on any atom is 0.158 e. The predicted molar refractivity (Wildman–Crippen MR) is 46.6 cm³/mol. The molecule has 12 heavy (non-hydrogen) atoms. The Morgan fingerprint density at radius 1 is 1.33 bits per heavy atom. The number of hydrogen-bond acceptors (Lipinski definition) is 1. The van der Waals surface area contributed by atoms with Crippen LogP contribution in [0.1, 0.15) is 18.9 Å². The zero-order valence-electron chi connectivity index (χ0n) is 7.13. The van der Waals surface area contributed by atoms with Gasteiger partial charge in [0.15, 0.2) is 5.67 Å². The van der Waals surface area contributed by atoms with Gasteiger partial charge in [0.2, 0.25) is 0 Å². The van der Waals surface area contributed by atoms with Crippen molar-refractivity contribution >= 4 is 0 Å². The summed E-state index contributed by atoms with van der Waals surface area (Å²) in [5.41, 5.74) is -1.02. The van der Waals surface area contributed by atoms with E-state index in [4.69, 9.17) is 5.11 Å². The van der Waals surface area contributed by atoms with Gasteiger partial charge in [0.05, 0.1) is 6.61 Å². The van der Waals surface area contributed by atoms with Crippen molar-refractivity contribution in [3.63, 3.8) is 0 Å². The molecular formula is C10H13FO. The first-order valence-corrected chi connectivity index (χ1v) is 4.08. The quantitative estimate of drug-likeness (QED) is 0.734. The standard InChI is InChI=1S/C10H13FO/c1-2-10(11,8-12)9-6-4-3-5-7-9/h3-7,12H,2,8H2,1H3/t10-/m0/s1. The Hall–Kier alpha value is -0.890. The molecule has 66 valence electrons. The van der Waals surface area contributed by atoms with Crippen LogP contribution in [-0.2, 0) is 5.67 Å². The van der Waals surface area contributed by atoms with Gasteiger partial charge in [-0.15, -0.1) is 0 Å². The van der Waals surface area contributed by atoms with Crippen molar-refractivity contribution in [3.8, 4) is 0 Å². The van der Waals surface area contributed by atoms with Crippen LogP contribution in [0.5, 0.6) is 0 Å². The highest BCUT2D eigenvalue weighted by atomic mass is 19.1. The lowest BCUT2D eigenvalue weighted by Crippen LogP contribution is -2.23. The van der Waals surface area contributed by atoms with E-state index < -0.39 is 12.3 Å².